The van der Waals surface area contributed by atoms with Crippen LogP contribution in [0, 0.1) is 11.3 Å². The highest BCUT2D eigenvalue weighted by molar-refractivity contribution is 6.33. The van der Waals surface area contributed by atoms with Gasteiger partial charge in [-0.25, -0.2) is 9.78 Å². The Morgan fingerprint density at radius 2 is 2.10 bits per heavy atom. The van der Waals surface area contributed by atoms with E-state index in [1.165, 1.54) is 6.08 Å². The van der Waals surface area contributed by atoms with Crippen LogP contribution in [0.15, 0.2) is 36.2 Å². The van der Waals surface area contributed by atoms with Crippen molar-refractivity contribution in [3.8, 4) is 6.07 Å². The molecule has 1 saturated heterocycles. The fourth-order valence-corrected chi connectivity index (χ4v) is 3.32. The summed E-state index contributed by atoms with van der Waals surface area (Å²) in [5, 5.41) is 25.2. The SMILES string of the molecule is N#Cc1ccc(Cl)c(Nc2cc(NC3CC3)n3ncc(/C=C4\NC(=O)NC4=O)c3n2)c1. The average Bonchev–Trinajstić information content (AvgIpc) is 3.38. The molecule has 154 valence electrons. The Balaban J connectivity index is 1.59. The van der Waals surface area contributed by atoms with Crippen LogP contribution in [0.4, 0.5) is 22.1 Å². The molecule has 3 heterocycles. The molecule has 11 heteroatoms. The lowest BCUT2D eigenvalue weighted by molar-refractivity contribution is -0.115. The molecule has 2 fully saturated rings. The lowest BCUT2D eigenvalue weighted by atomic mass is 10.2. The van der Waals surface area contributed by atoms with Crippen molar-refractivity contribution in [2.45, 2.75) is 18.9 Å². The third-order valence-corrected chi connectivity index (χ3v) is 5.14. The standard InChI is InChI=1S/C20H15ClN8O2/c21-13-4-1-10(8-22)5-14(13)25-16-7-17(24-12-2-3-12)29-18(27-16)11(9-23-29)6-15-19(30)28-20(31)26-15/h1,4-7,9,12,24H,2-3H2,(H,25,27)(H2,26,28,30,31)/b15-6-. The third kappa shape index (κ3) is 3.74. The molecule has 31 heavy (non-hydrogen) atoms. The predicted octanol–water partition coefficient (Wildman–Crippen LogP) is 2.75. The van der Waals surface area contributed by atoms with Gasteiger partial charge in [0.05, 0.1) is 28.5 Å². The first-order chi connectivity index (χ1) is 15.0. The zero-order valence-corrected chi connectivity index (χ0v) is 16.7. The zero-order chi connectivity index (χ0) is 21.5. The van der Waals surface area contributed by atoms with E-state index in [2.05, 4.69) is 37.4 Å². The lowest BCUT2D eigenvalue weighted by Crippen LogP contribution is -2.22. The van der Waals surface area contributed by atoms with E-state index < -0.39 is 11.9 Å². The number of benzene rings is 1. The Kier molecular flexibility index (Phi) is 4.45. The van der Waals surface area contributed by atoms with Crippen LogP contribution < -0.4 is 21.3 Å². The van der Waals surface area contributed by atoms with Gasteiger partial charge in [0.2, 0.25) is 0 Å². The molecule has 1 aliphatic carbocycles. The van der Waals surface area contributed by atoms with Gasteiger partial charge in [0.1, 0.15) is 17.3 Å². The number of imide groups is 1. The van der Waals surface area contributed by atoms with Crippen molar-refractivity contribution in [1.29, 1.82) is 5.26 Å². The molecule has 0 bridgehead atoms. The summed E-state index contributed by atoms with van der Waals surface area (Å²) in [6.07, 6.45) is 5.21. The van der Waals surface area contributed by atoms with Gasteiger partial charge in [-0.1, -0.05) is 11.6 Å². The molecule has 5 rings (SSSR count). The Hall–Kier alpha value is -4.10. The number of carbonyl (C=O) groups is 2. The lowest BCUT2D eigenvalue weighted by Gasteiger charge is -2.12. The largest absolute Gasteiger partial charge is 0.367 e. The van der Waals surface area contributed by atoms with Gasteiger partial charge >= 0.3 is 6.03 Å². The molecule has 0 radical (unpaired) electrons. The minimum atomic E-state index is -0.578. The Bertz CT molecular complexity index is 1320. The number of nitrogens with zero attached hydrogens (tertiary/aromatic N) is 4. The molecule has 0 spiro atoms. The third-order valence-electron chi connectivity index (χ3n) is 4.81. The van der Waals surface area contributed by atoms with E-state index in [4.69, 9.17) is 16.9 Å². The van der Waals surface area contributed by atoms with Crippen LogP contribution in [0.5, 0.6) is 0 Å². The highest BCUT2D eigenvalue weighted by atomic mass is 35.5. The number of hydrogen-bond acceptors (Lipinski definition) is 7. The van der Waals surface area contributed by atoms with Crippen LogP contribution in [0.1, 0.15) is 24.0 Å². The van der Waals surface area contributed by atoms with Crippen LogP contribution in [-0.2, 0) is 4.79 Å². The molecule has 1 aromatic carbocycles. The summed E-state index contributed by atoms with van der Waals surface area (Å²) in [4.78, 5) is 27.9. The van der Waals surface area contributed by atoms with E-state index in [9.17, 15) is 9.59 Å². The summed E-state index contributed by atoms with van der Waals surface area (Å²) in [5.41, 5.74) is 2.13. The number of anilines is 3. The van der Waals surface area contributed by atoms with E-state index in [0.717, 1.165) is 12.8 Å². The van der Waals surface area contributed by atoms with E-state index in [1.54, 1.807) is 35.0 Å². The van der Waals surface area contributed by atoms with E-state index in [-0.39, 0.29) is 5.70 Å². The topological polar surface area (TPSA) is 136 Å². The van der Waals surface area contributed by atoms with Crippen molar-refractivity contribution in [3.05, 3.63) is 52.3 Å². The molecule has 10 nitrogen and oxygen atoms in total. The number of halogens is 1. The van der Waals surface area contributed by atoms with Gasteiger partial charge in [0.15, 0.2) is 5.65 Å². The second-order valence-electron chi connectivity index (χ2n) is 7.18. The van der Waals surface area contributed by atoms with Crippen molar-refractivity contribution >= 4 is 52.6 Å². The van der Waals surface area contributed by atoms with Gasteiger partial charge in [-0.15, -0.1) is 0 Å². The number of nitrogens with one attached hydrogen (secondary N) is 4. The molecule has 3 amide bonds. The number of hydrogen-bond donors (Lipinski definition) is 4. The van der Waals surface area contributed by atoms with Crippen molar-refractivity contribution in [2.24, 2.45) is 0 Å². The van der Waals surface area contributed by atoms with Crippen LogP contribution in [0.25, 0.3) is 11.7 Å². The van der Waals surface area contributed by atoms with Gasteiger partial charge in [0.25, 0.3) is 5.91 Å². The highest BCUT2D eigenvalue weighted by Gasteiger charge is 2.25. The summed E-state index contributed by atoms with van der Waals surface area (Å²) in [6, 6.07) is 8.57. The van der Waals surface area contributed by atoms with Crippen LogP contribution in [0.2, 0.25) is 5.02 Å². The molecule has 0 unspecified atom stereocenters. The smallest absolute Gasteiger partial charge is 0.326 e. The zero-order valence-electron chi connectivity index (χ0n) is 15.9. The van der Waals surface area contributed by atoms with Gasteiger partial charge in [-0.3, -0.25) is 10.1 Å². The van der Waals surface area contributed by atoms with E-state index in [0.29, 0.717) is 45.2 Å². The second-order valence-corrected chi connectivity index (χ2v) is 7.59. The van der Waals surface area contributed by atoms with Gasteiger partial charge in [-0.2, -0.15) is 14.9 Å². The monoisotopic (exact) mass is 434 g/mol. The quantitative estimate of drug-likeness (QED) is 0.358. The summed E-state index contributed by atoms with van der Waals surface area (Å²) in [6.45, 7) is 0. The van der Waals surface area contributed by atoms with E-state index >= 15 is 0 Å². The number of carbonyl (C=O) groups excluding carboxylic acids is 2. The number of nitriles is 1. The fourth-order valence-electron chi connectivity index (χ4n) is 3.15. The number of fused-ring (bicyclic) bond motifs is 1. The summed E-state index contributed by atoms with van der Waals surface area (Å²) >= 11 is 6.28. The number of urea groups is 1. The second kappa shape index (κ2) is 7.30. The predicted molar refractivity (Wildman–Crippen MR) is 114 cm³/mol. The summed E-state index contributed by atoms with van der Waals surface area (Å²) in [5.74, 6) is 0.676. The number of rotatable bonds is 5. The minimum absolute atomic E-state index is 0.113. The normalized spacial score (nSPS) is 16.8. The summed E-state index contributed by atoms with van der Waals surface area (Å²) in [7, 11) is 0. The fraction of sp³-hybridized carbons (Fsp3) is 0.150. The minimum Gasteiger partial charge on any atom is -0.367 e. The molecule has 2 aliphatic rings. The molecule has 4 N–H and O–H groups in total. The Morgan fingerprint density at radius 3 is 2.81 bits per heavy atom. The molecular weight excluding hydrogens is 420 g/mol. The van der Waals surface area contributed by atoms with Gasteiger partial charge in [0, 0.05) is 17.7 Å². The van der Waals surface area contributed by atoms with Crippen LogP contribution in [-0.4, -0.2) is 32.6 Å². The Labute approximate surface area is 180 Å². The molecule has 1 saturated carbocycles. The maximum Gasteiger partial charge on any atom is 0.326 e. The first kappa shape index (κ1) is 18.9. The van der Waals surface area contributed by atoms with E-state index in [1.807, 2.05) is 0 Å². The van der Waals surface area contributed by atoms with Crippen LogP contribution >= 0.6 is 11.6 Å². The first-order valence-corrected chi connectivity index (χ1v) is 9.84. The van der Waals surface area contributed by atoms with Gasteiger partial charge in [-0.05, 0) is 37.1 Å². The Morgan fingerprint density at radius 1 is 1.26 bits per heavy atom. The molecule has 1 aliphatic heterocycles. The maximum absolute atomic E-state index is 11.9. The molecular formula is C20H15ClN8O2. The summed E-state index contributed by atoms with van der Waals surface area (Å²) < 4.78 is 1.64. The van der Waals surface area contributed by atoms with Crippen molar-refractivity contribution < 1.29 is 9.59 Å². The van der Waals surface area contributed by atoms with Crippen molar-refractivity contribution in [2.75, 3.05) is 10.6 Å². The maximum atomic E-state index is 11.9. The van der Waals surface area contributed by atoms with Crippen LogP contribution in [0.3, 0.4) is 0 Å². The van der Waals surface area contributed by atoms with Crippen molar-refractivity contribution in [1.82, 2.24) is 25.2 Å². The number of amides is 3. The first-order valence-electron chi connectivity index (χ1n) is 9.46. The molecule has 3 aromatic rings. The average molecular weight is 435 g/mol. The molecule has 0 atom stereocenters. The van der Waals surface area contributed by atoms with Crippen molar-refractivity contribution in [3.63, 3.8) is 0 Å². The highest BCUT2D eigenvalue weighted by Crippen LogP contribution is 2.30. The molecule has 2 aromatic heterocycles. The number of aromatic nitrogens is 3. The van der Waals surface area contributed by atoms with Gasteiger partial charge < -0.3 is 16.0 Å².